The zero-order chi connectivity index (χ0) is 26.4. The third kappa shape index (κ3) is 6.52. The summed E-state index contributed by atoms with van der Waals surface area (Å²) in [5.74, 6) is 0.0200. The van der Waals surface area contributed by atoms with E-state index in [0.29, 0.717) is 17.9 Å². The third-order valence-corrected chi connectivity index (χ3v) is 5.57. The molecule has 0 bridgehead atoms. The number of anilines is 1. The van der Waals surface area contributed by atoms with Crippen LogP contribution < -0.4 is 9.64 Å². The van der Waals surface area contributed by atoms with E-state index in [1.54, 1.807) is 24.3 Å². The summed E-state index contributed by atoms with van der Waals surface area (Å²) in [7, 11) is 0. The molecule has 4 aromatic carbocycles. The summed E-state index contributed by atoms with van der Waals surface area (Å²) in [5, 5.41) is 11.2. The van der Waals surface area contributed by atoms with Crippen LogP contribution in [-0.4, -0.2) is 10.8 Å². The van der Waals surface area contributed by atoms with E-state index in [2.05, 4.69) is 0 Å². The first-order valence-corrected chi connectivity index (χ1v) is 11.2. The zero-order valence-corrected chi connectivity index (χ0v) is 19.4. The molecular formula is C28H21F3N2O4. The Morgan fingerprint density at radius 1 is 0.838 bits per heavy atom. The fourth-order valence-electron chi connectivity index (χ4n) is 3.63. The number of benzene rings is 4. The fourth-order valence-corrected chi connectivity index (χ4v) is 3.63. The van der Waals surface area contributed by atoms with Crippen LogP contribution in [0.3, 0.4) is 0 Å². The van der Waals surface area contributed by atoms with Gasteiger partial charge in [-0.3, -0.25) is 14.9 Å². The summed E-state index contributed by atoms with van der Waals surface area (Å²) in [6.45, 7) is 0.398. The number of carbonyl (C=O) groups excluding carboxylic acids is 1. The molecule has 0 fully saturated rings. The predicted octanol–water partition coefficient (Wildman–Crippen LogP) is 7.04. The summed E-state index contributed by atoms with van der Waals surface area (Å²) in [5.41, 5.74) is 0.830. The van der Waals surface area contributed by atoms with Crippen molar-refractivity contribution in [3.05, 3.63) is 135 Å². The van der Waals surface area contributed by atoms with E-state index in [9.17, 15) is 28.1 Å². The molecule has 0 aliphatic rings. The van der Waals surface area contributed by atoms with Gasteiger partial charge in [0, 0.05) is 23.4 Å². The van der Waals surface area contributed by atoms with Crippen LogP contribution in [0.1, 0.15) is 27.0 Å². The Balaban J connectivity index is 1.58. The molecule has 0 aliphatic heterocycles. The molecule has 1 amide bonds. The lowest BCUT2D eigenvalue weighted by Crippen LogP contribution is -2.30. The van der Waals surface area contributed by atoms with E-state index in [4.69, 9.17) is 4.74 Å². The van der Waals surface area contributed by atoms with Gasteiger partial charge in [-0.2, -0.15) is 13.2 Å². The fraction of sp³-hybridized carbons (Fsp3) is 0.107. The Hall–Kier alpha value is -4.66. The number of nitro groups is 1. The van der Waals surface area contributed by atoms with Crippen molar-refractivity contribution in [1.82, 2.24) is 0 Å². The third-order valence-electron chi connectivity index (χ3n) is 5.57. The number of nitro benzene ring substituents is 1. The topological polar surface area (TPSA) is 72.7 Å². The van der Waals surface area contributed by atoms with Gasteiger partial charge in [0.1, 0.15) is 12.4 Å². The molecule has 0 heterocycles. The molecule has 0 saturated heterocycles. The van der Waals surface area contributed by atoms with Crippen molar-refractivity contribution in [1.29, 1.82) is 0 Å². The number of nitrogens with zero attached hydrogens (tertiary/aromatic N) is 2. The molecule has 0 aromatic heterocycles. The van der Waals surface area contributed by atoms with Gasteiger partial charge >= 0.3 is 6.18 Å². The SMILES string of the molecule is O=C(c1cccc([N+](=O)[O-])c1)N(Cc1ccc(OCc2ccccc2)cc1)c1ccc(C(F)(F)F)cc1. The Kier molecular flexibility index (Phi) is 7.52. The van der Waals surface area contributed by atoms with Crippen molar-refractivity contribution in [3.8, 4) is 5.75 Å². The minimum Gasteiger partial charge on any atom is -0.489 e. The minimum absolute atomic E-state index is 0.0197. The molecule has 0 spiro atoms. The van der Waals surface area contributed by atoms with Crippen molar-refractivity contribution in [2.75, 3.05) is 4.90 Å². The lowest BCUT2D eigenvalue weighted by atomic mass is 10.1. The highest BCUT2D eigenvalue weighted by molar-refractivity contribution is 6.06. The van der Waals surface area contributed by atoms with Gasteiger partial charge in [-0.25, -0.2) is 0 Å². The largest absolute Gasteiger partial charge is 0.489 e. The monoisotopic (exact) mass is 506 g/mol. The average Bonchev–Trinajstić information content (AvgIpc) is 2.91. The van der Waals surface area contributed by atoms with Crippen molar-refractivity contribution in [3.63, 3.8) is 0 Å². The van der Waals surface area contributed by atoms with Crippen LogP contribution in [0.15, 0.2) is 103 Å². The van der Waals surface area contributed by atoms with Crippen molar-refractivity contribution in [2.45, 2.75) is 19.3 Å². The number of alkyl halides is 3. The maximum Gasteiger partial charge on any atom is 0.416 e. The Labute approximate surface area is 210 Å². The first kappa shape index (κ1) is 25.4. The lowest BCUT2D eigenvalue weighted by molar-refractivity contribution is -0.384. The summed E-state index contributed by atoms with van der Waals surface area (Å²) in [4.78, 5) is 25.2. The molecule has 4 aromatic rings. The first-order chi connectivity index (χ1) is 17.7. The van der Waals surface area contributed by atoms with Crippen molar-refractivity contribution >= 4 is 17.3 Å². The molecule has 4 rings (SSSR count). The van der Waals surface area contributed by atoms with Gasteiger partial charge < -0.3 is 9.64 Å². The van der Waals surface area contributed by atoms with Gasteiger partial charge in [-0.1, -0.05) is 48.5 Å². The molecule has 0 saturated carbocycles. The van der Waals surface area contributed by atoms with E-state index in [1.165, 1.54) is 35.2 Å². The summed E-state index contributed by atoms with van der Waals surface area (Å²) >= 11 is 0. The van der Waals surface area contributed by atoms with Crippen LogP contribution >= 0.6 is 0 Å². The lowest BCUT2D eigenvalue weighted by Gasteiger charge is -2.24. The number of halogens is 3. The highest BCUT2D eigenvalue weighted by atomic mass is 19.4. The predicted molar refractivity (Wildman–Crippen MR) is 132 cm³/mol. The van der Waals surface area contributed by atoms with Crippen LogP contribution in [0.25, 0.3) is 0 Å². The molecule has 9 heteroatoms. The Morgan fingerprint density at radius 3 is 2.14 bits per heavy atom. The number of carbonyl (C=O) groups is 1. The molecule has 188 valence electrons. The van der Waals surface area contributed by atoms with Crippen LogP contribution in [0, 0.1) is 10.1 Å². The van der Waals surface area contributed by atoms with Crippen LogP contribution in [0.2, 0.25) is 0 Å². The highest BCUT2D eigenvalue weighted by Gasteiger charge is 2.30. The number of ether oxygens (including phenoxy) is 1. The van der Waals surface area contributed by atoms with Crippen LogP contribution in [0.4, 0.5) is 24.5 Å². The summed E-state index contributed by atoms with van der Waals surface area (Å²) in [6.07, 6.45) is -4.52. The number of rotatable bonds is 8. The Bertz CT molecular complexity index is 1370. The maximum atomic E-state index is 13.4. The van der Waals surface area contributed by atoms with Crippen molar-refractivity contribution in [2.24, 2.45) is 0 Å². The highest BCUT2D eigenvalue weighted by Crippen LogP contribution is 2.31. The van der Waals surface area contributed by atoms with Gasteiger partial charge in [0.25, 0.3) is 11.6 Å². The molecule has 0 N–H and O–H groups in total. The second-order valence-corrected chi connectivity index (χ2v) is 8.16. The van der Waals surface area contributed by atoms with Gasteiger partial charge in [0.15, 0.2) is 0 Å². The smallest absolute Gasteiger partial charge is 0.416 e. The zero-order valence-electron chi connectivity index (χ0n) is 19.4. The number of non-ortho nitro benzene ring substituents is 1. The standard InChI is InChI=1S/C28H21F3N2O4/c29-28(30,31)23-11-13-24(14-12-23)32(27(34)22-7-4-8-25(17-22)33(35)36)18-20-9-15-26(16-10-20)37-19-21-5-2-1-3-6-21/h1-17H,18-19H2. The number of amides is 1. The van der Waals surface area contributed by atoms with E-state index in [-0.39, 0.29) is 23.5 Å². The van der Waals surface area contributed by atoms with Gasteiger partial charge in [0.05, 0.1) is 17.0 Å². The minimum atomic E-state index is -4.52. The second kappa shape index (κ2) is 10.9. The molecule has 0 unspecified atom stereocenters. The summed E-state index contributed by atoms with van der Waals surface area (Å²) < 4.78 is 45.0. The van der Waals surface area contributed by atoms with E-state index < -0.39 is 22.6 Å². The molecule has 0 atom stereocenters. The maximum absolute atomic E-state index is 13.4. The van der Waals surface area contributed by atoms with E-state index >= 15 is 0 Å². The average molecular weight is 506 g/mol. The van der Waals surface area contributed by atoms with Gasteiger partial charge in [0.2, 0.25) is 0 Å². The van der Waals surface area contributed by atoms with Crippen molar-refractivity contribution < 1.29 is 27.6 Å². The molecule has 6 nitrogen and oxygen atoms in total. The second-order valence-electron chi connectivity index (χ2n) is 8.16. The van der Waals surface area contributed by atoms with E-state index in [0.717, 1.165) is 23.8 Å². The number of hydrogen-bond acceptors (Lipinski definition) is 4. The summed E-state index contributed by atoms with van der Waals surface area (Å²) in [6, 6.07) is 26.0. The molecule has 0 radical (unpaired) electrons. The number of hydrogen-bond donors (Lipinski definition) is 0. The normalized spacial score (nSPS) is 11.1. The van der Waals surface area contributed by atoms with Gasteiger partial charge in [-0.05, 0) is 53.6 Å². The Morgan fingerprint density at radius 2 is 1.51 bits per heavy atom. The van der Waals surface area contributed by atoms with Crippen LogP contribution in [-0.2, 0) is 19.3 Å². The first-order valence-electron chi connectivity index (χ1n) is 11.2. The quantitative estimate of drug-likeness (QED) is 0.190. The van der Waals surface area contributed by atoms with Gasteiger partial charge in [-0.15, -0.1) is 0 Å². The molecular weight excluding hydrogens is 485 g/mol. The molecule has 0 aliphatic carbocycles. The van der Waals surface area contributed by atoms with E-state index in [1.807, 2.05) is 30.3 Å². The van der Waals surface area contributed by atoms with Crippen LogP contribution in [0.5, 0.6) is 5.75 Å². The molecule has 37 heavy (non-hydrogen) atoms.